The number of carbonyl (C=O) groups excluding carboxylic acids is 1. The van der Waals surface area contributed by atoms with Crippen molar-refractivity contribution in [3.05, 3.63) is 0 Å². The first-order chi connectivity index (χ1) is 7.34. The highest BCUT2D eigenvalue weighted by molar-refractivity contribution is 5.84. The largest absolute Gasteiger partial charge is 0.467 e. The van der Waals surface area contributed by atoms with Gasteiger partial charge in [0.25, 0.3) is 0 Å². The van der Waals surface area contributed by atoms with E-state index in [9.17, 15) is 4.79 Å². The van der Waals surface area contributed by atoms with Gasteiger partial charge in [0.05, 0.1) is 7.11 Å². The topological polar surface area (TPSA) is 38.8 Å². The van der Waals surface area contributed by atoms with E-state index in [1.807, 2.05) is 6.92 Å². The first-order valence-corrected chi connectivity index (χ1v) is 6.12. The first kappa shape index (κ1) is 13.5. The lowest BCUT2D eigenvalue weighted by Gasteiger charge is -2.21. The molecular formula is C13H24O3. The quantitative estimate of drug-likeness (QED) is 0.536. The van der Waals surface area contributed by atoms with E-state index in [4.69, 9.17) is 9.47 Å². The van der Waals surface area contributed by atoms with Crippen molar-refractivity contribution < 1.29 is 14.3 Å². The number of esters is 1. The van der Waals surface area contributed by atoms with Gasteiger partial charge in [-0.2, -0.15) is 0 Å². The Labute approximate surface area is 98.5 Å². The van der Waals surface area contributed by atoms with Crippen molar-refractivity contribution in [2.24, 2.45) is 11.8 Å². The Morgan fingerprint density at radius 2 is 1.94 bits per heavy atom. The van der Waals surface area contributed by atoms with Crippen LogP contribution in [-0.2, 0) is 14.3 Å². The molecule has 16 heavy (non-hydrogen) atoms. The molecule has 0 saturated carbocycles. The summed E-state index contributed by atoms with van der Waals surface area (Å²) in [4.78, 5) is 11.9. The molecule has 0 aromatic rings. The fourth-order valence-electron chi connectivity index (χ4n) is 2.54. The van der Waals surface area contributed by atoms with Crippen LogP contribution in [0.5, 0.6) is 0 Å². The van der Waals surface area contributed by atoms with Crippen LogP contribution in [-0.4, -0.2) is 24.3 Å². The second-order valence-corrected chi connectivity index (χ2v) is 5.43. The van der Waals surface area contributed by atoms with Gasteiger partial charge in [-0.3, -0.25) is 0 Å². The van der Waals surface area contributed by atoms with Gasteiger partial charge in [-0.15, -0.1) is 0 Å². The SMILES string of the molecule is CCC(C)C1(C)OC1(CC(C)C)C(=O)OC. The molecule has 3 unspecified atom stereocenters. The molecule has 1 rings (SSSR count). The molecule has 1 heterocycles. The average molecular weight is 228 g/mol. The molecule has 1 fully saturated rings. The normalized spacial score (nSPS) is 34.9. The molecule has 0 bridgehead atoms. The van der Waals surface area contributed by atoms with E-state index in [0.717, 1.165) is 12.8 Å². The van der Waals surface area contributed by atoms with Crippen LogP contribution in [0.4, 0.5) is 0 Å². The summed E-state index contributed by atoms with van der Waals surface area (Å²) in [5, 5.41) is 0. The van der Waals surface area contributed by atoms with Crippen LogP contribution in [0.2, 0.25) is 0 Å². The molecule has 0 spiro atoms. The van der Waals surface area contributed by atoms with Crippen LogP contribution in [0.25, 0.3) is 0 Å². The van der Waals surface area contributed by atoms with E-state index in [2.05, 4.69) is 27.7 Å². The van der Waals surface area contributed by atoms with E-state index in [-0.39, 0.29) is 11.6 Å². The second-order valence-electron chi connectivity index (χ2n) is 5.43. The summed E-state index contributed by atoms with van der Waals surface area (Å²) in [5.74, 6) is 0.569. The van der Waals surface area contributed by atoms with Gasteiger partial charge in [-0.1, -0.05) is 34.1 Å². The van der Waals surface area contributed by atoms with Gasteiger partial charge in [0.2, 0.25) is 0 Å². The minimum absolute atomic E-state index is 0.219. The van der Waals surface area contributed by atoms with Gasteiger partial charge >= 0.3 is 5.97 Å². The third kappa shape index (κ3) is 1.86. The van der Waals surface area contributed by atoms with Crippen LogP contribution in [0.3, 0.4) is 0 Å². The van der Waals surface area contributed by atoms with E-state index in [1.165, 1.54) is 7.11 Å². The Morgan fingerprint density at radius 3 is 2.31 bits per heavy atom. The summed E-state index contributed by atoms with van der Waals surface area (Å²) < 4.78 is 10.7. The molecule has 94 valence electrons. The third-order valence-corrected chi connectivity index (χ3v) is 3.91. The molecule has 3 atom stereocenters. The standard InChI is InChI=1S/C13H24O3/c1-7-10(4)12(5)13(16-12,8-9(2)3)11(14)15-6/h9-10H,7-8H2,1-6H3. The van der Waals surface area contributed by atoms with Crippen LogP contribution in [0.15, 0.2) is 0 Å². The molecule has 0 N–H and O–H groups in total. The maximum Gasteiger partial charge on any atom is 0.341 e. The lowest BCUT2D eigenvalue weighted by Crippen LogP contribution is -2.38. The second kappa shape index (κ2) is 4.36. The molecule has 0 aromatic heterocycles. The molecular weight excluding hydrogens is 204 g/mol. The summed E-state index contributed by atoms with van der Waals surface area (Å²) in [7, 11) is 1.43. The monoisotopic (exact) mass is 228 g/mol. The van der Waals surface area contributed by atoms with Crippen molar-refractivity contribution in [3.63, 3.8) is 0 Å². The molecule has 1 aliphatic rings. The van der Waals surface area contributed by atoms with Gasteiger partial charge in [0.15, 0.2) is 5.60 Å². The zero-order valence-electron chi connectivity index (χ0n) is 11.3. The minimum atomic E-state index is -0.703. The van der Waals surface area contributed by atoms with E-state index in [1.54, 1.807) is 0 Å². The Bertz CT molecular complexity index is 274. The molecule has 0 amide bonds. The Balaban J connectivity index is 2.90. The number of ether oxygens (including phenoxy) is 2. The highest BCUT2D eigenvalue weighted by Gasteiger charge is 2.74. The molecule has 1 aliphatic heterocycles. The minimum Gasteiger partial charge on any atom is -0.467 e. The lowest BCUT2D eigenvalue weighted by molar-refractivity contribution is -0.147. The predicted octanol–water partition coefficient (Wildman–Crippen LogP) is 2.78. The zero-order chi connectivity index (χ0) is 12.6. The van der Waals surface area contributed by atoms with Gasteiger partial charge in [-0.25, -0.2) is 4.79 Å². The zero-order valence-corrected chi connectivity index (χ0v) is 11.3. The van der Waals surface area contributed by atoms with Crippen molar-refractivity contribution in [1.82, 2.24) is 0 Å². The molecule has 0 aliphatic carbocycles. The molecule has 3 nitrogen and oxygen atoms in total. The maximum atomic E-state index is 11.9. The smallest absolute Gasteiger partial charge is 0.341 e. The summed E-state index contributed by atoms with van der Waals surface area (Å²) in [6, 6.07) is 0. The van der Waals surface area contributed by atoms with Crippen LogP contribution in [0, 0.1) is 11.8 Å². The van der Waals surface area contributed by atoms with Crippen molar-refractivity contribution in [2.75, 3.05) is 7.11 Å². The number of hydrogen-bond donors (Lipinski definition) is 0. The molecule has 1 saturated heterocycles. The Kier molecular flexibility index (Phi) is 3.68. The molecule has 3 heteroatoms. The highest BCUT2D eigenvalue weighted by Crippen LogP contribution is 2.57. The van der Waals surface area contributed by atoms with Gasteiger partial charge < -0.3 is 9.47 Å². The number of epoxide rings is 1. The fraction of sp³-hybridized carbons (Fsp3) is 0.923. The number of hydrogen-bond acceptors (Lipinski definition) is 3. The van der Waals surface area contributed by atoms with Crippen molar-refractivity contribution in [1.29, 1.82) is 0 Å². The van der Waals surface area contributed by atoms with Gasteiger partial charge in [-0.05, 0) is 25.2 Å². The van der Waals surface area contributed by atoms with E-state index >= 15 is 0 Å². The average Bonchev–Trinajstić information content (AvgIpc) is 2.83. The maximum absolute atomic E-state index is 11.9. The summed E-state index contributed by atoms with van der Waals surface area (Å²) >= 11 is 0. The van der Waals surface area contributed by atoms with Crippen LogP contribution < -0.4 is 0 Å². The van der Waals surface area contributed by atoms with E-state index < -0.39 is 5.60 Å². The Hall–Kier alpha value is -0.570. The van der Waals surface area contributed by atoms with Crippen molar-refractivity contribution in [2.45, 2.75) is 58.7 Å². The van der Waals surface area contributed by atoms with Crippen LogP contribution in [0.1, 0.15) is 47.5 Å². The van der Waals surface area contributed by atoms with Crippen LogP contribution >= 0.6 is 0 Å². The number of methoxy groups -OCH3 is 1. The summed E-state index contributed by atoms with van der Waals surface area (Å²) in [5.41, 5.74) is -1.05. The third-order valence-electron chi connectivity index (χ3n) is 3.91. The Morgan fingerprint density at radius 1 is 1.38 bits per heavy atom. The van der Waals surface area contributed by atoms with Gasteiger partial charge in [0, 0.05) is 0 Å². The van der Waals surface area contributed by atoms with Crippen molar-refractivity contribution in [3.8, 4) is 0 Å². The summed E-state index contributed by atoms with van der Waals surface area (Å²) in [6.45, 7) is 10.5. The first-order valence-electron chi connectivity index (χ1n) is 6.12. The number of carbonyl (C=O) groups is 1. The number of rotatable bonds is 5. The molecule has 0 aromatic carbocycles. The highest BCUT2D eigenvalue weighted by atomic mass is 16.7. The van der Waals surface area contributed by atoms with E-state index in [0.29, 0.717) is 11.8 Å². The predicted molar refractivity (Wildman–Crippen MR) is 63.1 cm³/mol. The summed E-state index contributed by atoms with van der Waals surface area (Å²) in [6.07, 6.45) is 1.74. The van der Waals surface area contributed by atoms with Gasteiger partial charge in [0.1, 0.15) is 5.60 Å². The lowest BCUT2D eigenvalue weighted by atomic mass is 9.78. The fourth-order valence-corrected chi connectivity index (χ4v) is 2.54. The molecule has 0 radical (unpaired) electrons. The van der Waals surface area contributed by atoms with Crippen molar-refractivity contribution >= 4 is 5.97 Å².